The summed E-state index contributed by atoms with van der Waals surface area (Å²) in [6.07, 6.45) is -0.671. The zero-order chi connectivity index (χ0) is 15.1. The van der Waals surface area contributed by atoms with Crippen molar-refractivity contribution in [1.29, 1.82) is 0 Å². The zero-order valence-electron chi connectivity index (χ0n) is 11.1. The van der Waals surface area contributed by atoms with Gasteiger partial charge in [-0.1, -0.05) is 12.1 Å². The van der Waals surface area contributed by atoms with Crippen molar-refractivity contribution in [3.63, 3.8) is 0 Å². The highest BCUT2D eigenvalue weighted by molar-refractivity contribution is 6.36. The third kappa shape index (κ3) is 4.43. The lowest BCUT2D eigenvalue weighted by Crippen LogP contribution is -2.33. The first kappa shape index (κ1) is 15.8. The van der Waals surface area contributed by atoms with E-state index >= 15 is 0 Å². The third-order valence-corrected chi connectivity index (χ3v) is 2.44. The van der Waals surface area contributed by atoms with Crippen LogP contribution in [0.15, 0.2) is 24.3 Å². The summed E-state index contributed by atoms with van der Waals surface area (Å²) in [6.45, 7) is -0.0401. The molecule has 0 bridgehead atoms. The van der Waals surface area contributed by atoms with E-state index in [4.69, 9.17) is 4.84 Å². The van der Waals surface area contributed by atoms with Crippen molar-refractivity contribution in [1.82, 2.24) is 5.06 Å². The van der Waals surface area contributed by atoms with Gasteiger partial charge in [0.05, 0.1) is 27.2 Å². The van der Waals surface area contributed by atoms with E-state index in [9.17, 15) is 18.8 Å². The monoisotopic (exact) mass is 283 g/mol. The molecule has 0 unspecified atom stereocenters. The average molecular weight is 283 g/mol. The minimum absolute atomic E-state index is 0.0401. The lowest BCUT2D eigenvalue weighted by atomic mass is 10.2. The summed E-state index contributed by atoms with van der Waals surface area (Å²) >= 11 is 0. The van der Waals surface area contributed by atoms with Crippen LogP contribution < -0.4 is 0 Å². The maximum absolute atomic E-state index is 13.0. The molecule has 7 heteroatoms. The van der Waals surface area contributed by atoms with Crippen LogP contribution in [0.1, 0.15) is 12.0 Å². The number of rotatable bonds is 6. The zero-order valence-corrected chi connectivity index (χ0v) is 11.1. The standard InChI is InChI=1S/C13H14FNO5/c1-19-13(18)11(16)7-12(17)15(20-2)8-9-4-3-5-10(14)6-9/h3-6H,7-8H2,1-2H3. The fourth-order valence-corrected chi connectivity index (χ4v) is 1.47. The molecule has 108 valence electrons. The molecule has 0 saturated heterocycles. The Bertz CT molecular complexity index is 517. The molecule has 0 aliphatic carbocycles. The molecule has 0 radical (unpaired) electrons. The third-order valence-electron chi connectivity index (χ3n) is 2.44. The van der Waals surface area contributed by atoms with Crippen molar-refractivity contribution in [2.75, 3.05) is 14.2 Å². The average Bonchev–Trinajstić information content (AvgIpc) is 2.43. The molecular weight excluding hydrogens is 269 g/mol. The van der Waals surface area contributed by atoms with Gasteiger partial charge in [-0.2, -0.15) is 0 Å². The minimum Gasteiger partial charge on any atom is -0.463 e. The molecule has 0 aliphatic rings. The Hall–Kier alpha value is -2.28. The second kappa shape index (κ2) is 7.34. The molecule has 0 fully saturated rings. The molecule has 0 N–H and O–H groups in total. The molecule has 0 aliphatic heterocycles. The molecule has 1 aromatic carbocycles. The van der Waals surface area contributed by atoms with Crippen molar-refractivity contribution in [3.05, 3.63) is 35.6 Å². The van der Waals surface area contributed by atoms with Gasteiger partial charge >= 0.3 is 5.97 Å². The van der Waals surface area contributed by atoms with Crippen LogP contribution in [-0.2, 0) is 30.5 Å². The number of ether oxygens (including phenoxy) is 1. The maximum Gasteiger partial charge on any atom is 0.374 e. The van der Waals surface area contributed by atoms with Gasteiger partial charge < -0.3 is 4.74 Å². The molecule has 0 spiro atoms. The minimum atomic E-state index is -1.10. The van der Waals surface area contributed by atoms with Gasteiger partial charge in [-0.25, -0.2) is 14.2 Å². The lowest BCUT2D eigenvalue weighted by molar-refractivity contribution is -0.180. The molecule has 6 nitrogen and oxygen atoms in total. The van der Waals surface area contributed by atoms with Crippen molar-refractivity contribution >= 4 is 17.7 Å². The summed E-state index contributed by atoms with van der Waals surface area (Å²) in [7, 11) is 2.28. The van der Waals surface area contributed by atoms with E-state index in [1.807, 2.05) is 0 Å². The molecule has 0 aromatic heterocycles. The molecule has 0 saturated carbocycles. The normalized spacial score (nSPS) is 9.95. The van der Waals surface area contributed by atoms with E-state index < -0.39 is 29.9 Å². The van der Waals surface area contributed by atoms with Gasteiger partial charge in [0, 0.05) is 0 Å². The second-order valence-electron chi connectivity index (χ2n) is 3.83. The Kier molecular flexibility index (Phi) is 5.79. The van der Waals surface area contributed by atoms with E-state index in [0.717, 1.165) is 12.2 Å². The number of Topliss-reactive ketones (excluding diaryl/α,β-unsaturated/α-hetero) is 1. The predicted molar refractivity (Wildman–Crippen MR) is 65.6 cm³/mol. The van der Waals surface area contributed by atoms with Crippen molar-refractivity contribution in [2.24, 2.45) is 0 Å². The van der Waals surface area contributed by atoms with Crippen LogP contribution in [0.4, 0.5) is 4.39 Å². The van der Waals surface area contributed by atoms with Crippen molar-refractivity contribution < 1.29 is 28.3 Å². The van der Waals surface area contributed by atoms with Crippen LogP contribution in [0.2, 0.25) is 0 Å². The van der Waals surface area contributed by atoms with Crippen molar-refractivity contribution in [3.8, 4) is 0 Å². The van der Waals surface area contributed by atoms with E-state index in [1.54, 1.807) is 6.07 Å². The number of methoxy groups -OCH3 is 1. The summed E-state index contributed by atoms with van der Waals surface area (Å²) in [5.74, 6) is -3.23. The number of hydrogen-bond donors (Lipinski definition) is 0. The number of nitrogens with zero attached hydrogens (tertiary/aromatic N) is 1. The second-order valence-corrected chi connectivity index (χ2v) is 3.83. The highest BCUT2D eigenvalue weighted by Gasteiger charge is 2.23. The quantitative estimate of drug-likeness (QED) is 0.335. The molecular formula is C13H14FNO5. The van der Waals surface area contributed by atoms with E-state index in [0.29, 0.717) is 5.56 Å². The van der Waals surface area contributed by atoms with Gasteiger partial charge in [0.2, 0.25) is 5.78 Å². The number of esters is 1. The van der Waals surface area contributed by atoms with E-state index in [2.05, 4.69) is 4.74 Å². The number of halogens is 1. The number of carbonyl (C=O) groups is 3. The first-order chi connectivity index (χ1) is 9.47. The van der Waals surface area contributed by atoms with Crippen LogP contribution in [0.25, 0.3) is 0 Å². The molecule has 1 amide bonds. The first-order valence-electron chi connectivity index (χ1n) is 5.68. The Labute approximate surface area is 115 Å². The number of ketones is 1. The number of hydrogen-bond acceptors (Lipinski definition) is 5. The molecule has 0 atom stereocenters. The smallest absolute Gasteiger partial charge is 0.374 e. The number of amides is 1. The summed E-state index contributed by atoms with van der Waals surface area (Å²) in [5.41, 5.74) is 0.491. The van der Waals surface area contributed by atoms with Gasteiger partial charge in [-0.3, -0.25) is 14.4 Å². The van der Waals surface area contributed by atoms with Gasteiger partial charge in [-0.05, 0) is 17.7 Å². The Morgan fingerprint density at radius 1 is 1.25 bits per heavy atom. The van der Waals surface area contributed by atoms with Gasteiger partial charge in [0.1, 0.15) is 5.82 Å². The Balaban J connectivity index is 2.68. The SMILES string of the molecule is COC(=O)C(=O)CC(=O)N(Cc1cccc(F)c1)OC. The van der Waals surface area contributed by atoms with E-state index in [-0.39, 0.29) is 6.54 Å². The number of benzene rings is 1. The van der Waals surface area contributed by atoms with Crippen LogP contribution in [0.3, 0.4) is 0 Å². The van der Waals surface area contributed by atoms with Crippen molar-refractivity contribution in [2.45, 2.75) is 13.0 Å². The van der Waals surface area contributed by atoms with E-state index in [1.165, 1.54) is 25.3 Å². The van der Waals surface area contributed by atoms with Gasteiger partial charge in [-0.15, -0.1) is 0 Å². The Morgan fingerprint density at radius 3 is 2.50 bits per heavy atom. The Morgan fingerprint density at radius 2 is 1.95 bits per heavy atom. The summed E-state index contributed by atoms with van der Waals surface area (Å²) in [4.78, 5) is 38.8. The molecule has 20 heavy (non-hydrogen) atoms. The number of hydroxylamine groups is 2. The molecule has 1 rings (SSSR count). The number of carbonyl (C=O) groups excluding carboxylic acids is 3. The summed E-state index contributed by atoms with van der Waals surface area (Å²) < 4.78 is 17.2. The maximum atomic E-state index is 13.0. The van der Waals surface area contributed by atoms with Crippen LogP contribution in [-0.4, -0.2) is 36.9 Å². The fourth-order valence-electron chi connectivity index (χ4n) is 1.47. The highest BCUT2D eigenvalue weighted by Crippen LogP contribution is 2.09. The summed E-state index contributed by atoms with van der Waals surface area (Å²) in [5, 5.41) is 0.871. The van der Waals surface area contributed by atoms with Gasteiger partial charge in [0.15, 0.2) is 0 Å². The molecule has 1 aromatic rings. The molecule has 0 heterocycles. The summed E-state index contributed by atoms with van der Waals surface area (Å²) in [6, 6.07) is 5.60. The fraction of sp³-hybridized carbons (Fsp3) is 0.308. The van der Waals surface area contributed by atoms with Gasteiger partial charge in [0.25, 0.3) is 5.91 Å². The highest BCUT2D eigenvalue weighted by atomic mass is 19.1. The largest absolute Gasteiger partial charge is 0.463 e. The predicted octanol–water partition coefficient (Wildman–Crippen LogP) is 0.848. The first-order valence-corrected chi connectivity index (χ1v) is 5.68. The van der Waals surface area contributed by atoms with Crippen LogP contribution >= 0.6 is 0 Å². The lowest BCUT2D eigenvalue weighted by Gasteiger charge is -2.19. The van der Waals surface area contributed by atoms with Crippen LogP contribution in [0.5, 0.6) is 0 Å². The topological polar surface area (TPSA) is 72.9 Å². The van der Waals surface area contributed by atoms with Crippen LogP contribution in [0, 0.1) is 5.82 Å².